The van der Waals surface area contributed by atoms with Gasteiger partial charge in [0.25, 0.3) is 0 Å². The Bertz CT molecular complexity index is 1800. The Morgan fingerprint density at radius 2 is 0.495 bits per heavy atom. The van der Waals surface area contributed by atoms with E-state index >= 15 is 0 Å². The van der Waals surface area contributed by atoms with Crippen LogP contribution in [-0.4, -0.2) is 96.7 Å². The molecule has 93 heavy (non-hydrogen) atoms. The van der Waals surface area contributed by atoms with Crippen molar-refractivity contribution in [3.05, 3.63) is 0 Å². The van der Waals surface area contributed by atoms with Gasteiger partial charge >= 0.3 is 39.5 Å². The van der Waals surface area contributed by atoms with Gasteiger partial charge in [0.2, 0.25) is 0 Å². The highest BCUT2D eigenvalue weighted by Crippen LogP contribution is 2.45. The molecule has 17 nitrogen and oxygen atoms in total. The van der Waals surface area contributed by atoms with Crippen molar-refractivity contribution in [2.24, 2.45) is 11.8 Å². The van der Waals surface area contributed by atoms with Crippen LogP contribution in [-0.2, 0) is 65.4 Å². The van der Waals surface area contributed by atoms with Gasteiger partial charge < -0.3 is 33.8 Å². The van der Waals surface area contributed by atoms with E-state index in [1.165, 1.54) is 186 Å². The van der Waals surface area contributed by atoms with Crippen molar-refractivity contribution in [1.29, 1.82) is 0 Å². The highest BCUT2D eigenvalue weighted by Gasteiger charge is 2.30. The lowest BCUT2D eigenvalue weighted by Crippen LogP contribution is -2.30. The number of phosphoric acid groups is 2. The molecule has 0 aromatic heterocycles. The Labute approximate surface area is 568 Å². The van der Waals surface area contributed by atoms with Crippen LogP contribution in [0.5, 0.6) is 0 Å². The first kappa shape index (κ1) is 91.1. The maximum atomic E-state index is 13.1. The fraction of sp³-hybridized carbons (Fsp3) is 0.946. The Kier molecular flexibility index (Phi) is 64.6. The Hall–Kier alpha value is -1.94. The summed E-state index contributed by atoms with van der Waals surface area (Å²) in [4.78, 5) is 72.6. The zero-order chi connectivity index (χ0) is 68.6. The number of unbranched alkanes of at least 4 members (excludes halogenated alkanes) is 43. The van der Waals surface area contributed by atoms with Crippen molar-refractivity contribution in [1.82, 2.24) is 0 Å². The number of phosphoric ester groups is 2. The normalized spacial score (nSPS) is 14.1. The summed E-state index contributed by atoms with van der Waals surface area (Å²) in [5.41, 5.74) is 0. The molecule has 0 aromatic rings. The lowest BCUT2D eigenvalue weighted by molar-refractivity contribution is -0.161. The van der Waals surface area contributed by atoms with Gasteiger partial charge in [0.05, 0.1) is 26.4 Å². The second-order valence-electron chi connectivity index (χ2n) is 27.6. The molecule has 0 radical (unpaired) electrons. The molecular formula is C74H144O17P2. The summed E-state index contributed by atoms with van der Waals surface area (Å²) in [5.74, 6) is -0.591. The summed E-state index contributed by atoms with van der Waals surface area (Å²) in [7, 11) is -9.90. The number of aliphatic hydroxyl groups excluding tert-OH is 1. The molecule has 0 heterocycles. The van der Waals surface area contributed by atoms with E-state index in [9.17, 15) is 43.2 Å². The molecular weight excluding hydrogens is 1220 g/mol. The van der Waals surface area contributed by atoms with Gasteiger partial charge in [0, 0.05) is 25.7 Å². The van der Waals surface area contributed by atoms with E-state index in [0.29, 0.717) is 25.7 Å². The molecule has 0 saturated carbocycles. The average molecular weight is 1370 g/mol. The van der Waals surface area contributed by atoms with E-state index in [1.54, 1.807) is 0 Å². The topological polar surface area (TPSA) is 237 Å². The lowest BCUT2D eigenvalue weighted by atomic mass is 10.0. The first-order valence-corrected chi connectivity index (χ1v) is 41.5. The first-order chi connectivity index (χ1) is 44.9. The zero-order valence-corrected chi connectivity index (χ0v) is 62.3. The SMILES string of the molecule is CCCCCCCCCCCCCCCCCCCC(=O)OC[C@H](COP(=O)(O)OC[C@@H](O)COP(=O)(O)OC[C@@H](COC(=O)CCCCCCCCC)OC(=O)CCCCCCCCCCCC(C)C)OC(=O)CCCCCCCCCCCCCCCCC(C)C. The van der Waals surface area contributed by atoms with E-state index in [-0.39, 0.29) is 25.7 Å². The van der Waals surface area contributed by atoms with Gasteiger partial charge in [-0.15, -0.1) is 0 Å². The molecule has 552 valence electrons. The third kappa shape index (κ3) is 68.4. The molecule has 0 aliphatic heterocycles. The maximum absolute atomic E-state index is 13.1. The second-order valence-corrected chi connectivity index (χ2v) is 30.5. The third-order valence-electron chi connectivity index (χ3n) is 17.2. The molecule has 5 atom stereocenters. The van der Waals surface area contributed by atoms with Crippen LogP contribution in [0.3, 0.4) is 0 Å². The molecule has 0 aromatic carbocycles. The van der Waals surface area contributed by atoms with Crippen LogP contribution in [0, 0.1) is 11.8 Å². The van der Waals surface area contributed by atoms with Crippen LogP contribution in [0.1, 0.15) is 382 Å². The molecule has 19 heteroatoms. The van der Waals surface area contributed by atoms with Gasteiger partial charge in [-0.25, -0.2) is 9.13 Å². The van der Waals surface area contributed by atoms with E-state index in [2.05, 4.69) is 41.5 Å². The number of hydrogen-bond acceptors (Lipinski definition) is 15. The van der Waals surface area contributed by atoms with E-state index in [4.69, 9.17) is 37.0 Å². The summed E-state index contributed by atoms with van der Waals surface area (Å²) in [5, 5.41) is 10.6. The van der Waals surface area contributed by atoms with Gasteiger partial charge in [0.15, 0.2) is 12.2 Å². The van der Waals surface area contributed by atoms with Crippen LogP contribution in [0.2, 0.25) is 0 Å². The van der Waals surface area contributed by atoms with E-state index < -0.39 is 97.5 Å². The van der Waals surface area contributed by atoms with Crippen molar-refractivity contribution in [2.75, 3.05) is 39.6 Å². The molecule has 0 aliphatic carbocycles. The van der Waals surface area contributed by atoms with Crippen LogP contribution in [0.4, 0.5) is 0 Å². The van der Waals surface area contributed by atoms with Gasteiger partial charge in [-0.3, -0.25) is 37.3 Å². The maximum Gasteiger partial charge on any atom is 0.472 e. The highest BCUT2D eigenvalue weighted by atomic mass is 31.2. The van der Waals surface area contributed by atoms with Gasteiger partial charge in [-0.2, -0.15) is 0 Å². The molecule has 0 spiro atoms. The molecule has 0 amide bonds. The highest BCUT2D eigenvalue weighted by molar-refractivity contribution is 7.47. The average Bonchev–Trinajstić information content (AvgIpc) is 1.73. The van der Waals surface area contributed by atoms with E-state index in [0.717, 1.165) is 115 Å². The fourth-order valence-electron chi connectivity index (χ4n) is 11.3. The predicted molar refractivity (Wildman–Crippen MR) is 377 cm³/mol. The summed E-state index contributed by atoms with van der Waals surface area (Å²) >= 11 is 0. The van der Waals surface area contributed by atoms with Gasteiger partial charge in [-0.1, -0.05) is 330 Å². The Balaban J connectivity index is 5.19. The minimum absolute atomic E-state index is 0.105. The number of hydrogen-bond donors (Lipinski definition) is 3. The molecule has 0 rings (SSSR count). The number of carbonyl (C=O) groups excluding carboxylic acids is 4. The van der Waals surface area contributed by atoms with Crippen molar-refractivity contribution in [3.63, 3.8) is 0 Å². The number of carbonyl (C=O) groups is 4. The van der Waals surface area contributed by atoms with Crippen molar-refractivity contribution in [3.8, 4) is 0 Å². The smallest absolute Gasteiger partial charge is 0.462 e. The van der Waals surface area contributed by atoms with E-state index in [1.807, 2.05) is 0 Å². The monoisotopic (exact) mass is 1370 g/mol. The lowest BCUT2D eigenvalue weighted by Gasteiger charge is -2.21. The number of esters is 4. The summed E-state index contributed by atoms with van der Waals surface area (Å²) in [6.07, 6.45) is 52.9. The number of aliphatic hydroxyl groups is 1. The van der Waals surface area contributed by atoms with Crippen LogP contribution in [0.15, 0.2) is 0 Å². The number of rotatable bonds is 73. The largest absolute Gasteiger partial charge is 0.472 e. The summed E-state index contributed by atoms with van der Waals surface area (Å²) < 4.78 is 68.3. The molecule has 2 unspecified atom stereocenters. The van der Waals surface area contributed by atoms with Crippen LogP contribution >= 0.6 is 15.6 Å². The zero-order valence-electron chi connectivity index (χ0n) is 60.6. The second kappa shape index (κ2) is 66.0. The predicted octanol–water partition coefficient (Wildman–Crippen LogP) is 21.6. The van der Waals surface area contributed by atoms with Gasteiger partial charge in [-0.05, 0) is 37.5 Å². The van der Waals surface area contributed by atoms with Crippen LogP contribution < -0.4 is 0 Å². The molecule has 0 aliphatic rings. The molecule has 0 saturated heterocycles. The number of ether oxygens (including phenoxy) is 4. The van der Waals surface area contributed by atoms with Crippen LogP contribution in [0.25, 0.3) is 0 Å². The molecule has 0 fully saturated rings. The molecule has 3 N–H and O–H groups in total. The standard InChI is InChI=1S/C74H144O17P2/c1-7-9-11-13-15-16-17-18-19-20-21-25-28-33-39-45-51-57-72(77)85-63-70(91-73(78)58-52-46-40-34-29-26-23-22-24-27-31-37-42-48-54-66(3)4)65-89-93(82,83)87-61-68(75)60-86-92(80,81)88-64-69(62-84-71(76)56-50-44-36-14-12-10-8-2)90-74(79)59-53-47-41-35-30-32-38-43-49-55-67(5)6/h66-70,75H,7-65H2,1-6H3,(H,80,81)(H,82,83)/t68-,69+,70+/m0/s1. The molecule has 0 bridgehead atoms. The van der Waals surface area contributed by atoms with Crippen molar-refractivity contribution in [2.45, 2.75) is 400 Å². The minimum atomic E-state index is -4.95. The summed E-state index contributed by atoms with van der Waals surface area (Å²) in [6.45, 7) is 9.54. The van der Waals surface area contributed by atoms with Crippen molar-refractivity contribution < 1.29 is 80.2 Å². The van der Waals surface area contributed by atoms with Gasteiger partial charge in [0.1, 0.15) is 19.3 Å². The summed E-state index contributed by atoms with van der Waals surface area (Å²) in [6, 6.07) is 0. The Morgan fingerprint density at radius 3 is 0.731 bits per heavy atom. The van der Waals surface area contributed by atoms with Crippen molar-refractivity contribution >= 4 is 39.5 Å². The third-order valence-corrected chi connectivity index (χ3v) is 19.1. The minimum Gasteiger partial charge on any atom is -0.462 e. The fourth-order valence-corrected chi connectivity index (χ4v) is 12.9. The Morgan fingerprint density at radius 1 is 0.290 bits per heavy atom. The quantitative estimate of drug-likeness (QED) is 0.0222. The first-order valence-electron chi connectivity index (χ1n) is 38.5.